The van der Waals surface area contributed by atoms with Crippen molar-refractivity contribution >= 4 is 23.6 Å². The Labute approximate surface area is 58.3 Å². The van der Waals surface area contributed by atoms with Crippen LogP contribution in [0, 0.1) is 0 Å². The number of halogens is 2. The van der Waals surface area contributed by atoms with Crippen molar-refractivity contribution in [1.29, 1.82) is 0 Å². The SMILES string of the molecule is CC(F)(F)S(=O)(=O)[O-].[SH3+]. The van der Waals surface area contributed by atoms with Crippen molar-refractivity contribution in [2.24, 2.45) is 0 Å². The molecule has 0 saturated heterocycles. The Balaban J connectivity index is 0. The summed E-state index contributed by atoms with van der Waals surface area (Å²) in [5.41, 5.74) is 0. The van der Waals surface area contributed by atoms with Crippen LogP contribution in [-0.2, 0) is 23.6 Å². The maximum Gasteiger partial charge on any atom is 0.331 e. The average molecular weight is 180 g/mol. The van der Waals surface area contributed by atoms with Crippen molar-refractivity contribution in [3.05, 3.63) is 0 Å². The first-order valence-corrected chi connectivity index (χ1v) is 2.99. The lowest BCUT2D eigenvalue weighted by atomic mass is 10.9. The molecule has 0 unspecified atom stereocenters. The monoisotopic (exact) mass is 180 g/mol. The van der Waals surface area contributed by atoms with Crippen LogP contribution in [0.1, 0.15) is 6.92 Å². The Bertz CT molecular complexity index is 167. The molecular weight excluding hydrogens is 174 g/mol. The van der Waals surface area contributed by atoms with Gasteiger partial charge in [-0.1, -0.05) is 13.5 Å². The molecule has 0 spiro atoms. The van der Waals surface area contributed by atoms with Crippen molar-refractivity contribution < 1.29 is 21.8 Å². The molecule has 0 aromatic carbocycles. The zero-order chi connectivity index (χ0) is 7.00. The summed E-state index contributed by atoms with van der Waals surface area (Å²) in [6, 6.07) is 0. The molecule has 0 rings (SSSR count). The van der Waals surface area contributed by atoms with E-state index in [0.717, 1.165) is 0 Å². The Morgan fingerprint density at radius 2 is 1.56 bits per heavy atom. The van der Waals surface area contributed by atoms with Crippen LogP contribution in [0.5, 0.6) is 0 Å². The third-order valence-electron chi connectivity index (χ3n) is 0.439. The van der Waals surface area contributed by atoms with Gasteiger partial charge < -0.3 is 4.55 Å². The van der Waals surface area contributed by atoms with Crippen LogP contribution in [0.25, 0.3) is 0 Å². The standard InChI is InChI=1S/C2H4F2O3S.H2S/c1-2(3,4)8(5,6)7;/h1H3,(H,5,6,7);1H2. The van der Waals surface area contributed by atoms with Gasteiger partial charge in [0.1, 0.15) is 0 Å². The fraction of sp³-hybridized carbons (Fsp3) is 1.00. The van der Waals surface area contributed by atoms with Crippen LogP contribution in [0.3, 0.4) is 0 Å². The number of alkyl halides is 2. The first kappa shape index (κ1) is 11.9. The molecule has 0 aliphatic heterocycles. The molecule has 0 aliphatic rings. The number of hydrogen-bond acceptors (Lipinski definition) is 3. The maximum absolute atomic E-state index is 11.3. The Hall–Kier alpha value is 0.120. The molecule has 58 valence electrons. The Morgan fingerprint density at radius 1 is 1.44 bits per heavy atom. The van der Waals surface area contributed by atoms with Gasteiger partial charge in [-0.15, -0.1) is 0 Å². The molecule has 0 bridgehead atoms. The molecule has 7 heteroatoms. The molecular formula is C2H6F2O3S2. The normalized spacial score (nSPS) is 12.4. The summed E-state index contributed by atoms with van der Waals surface area (Å²) in [6.45, 7) is 0.0370. The lowest BCUT2D eigenvalue weighted by molar-refractivity contribution is 0.100. The van der Waals surface area contributed by atoms with E-state index in [-0.39, 0.29) is 20.4 Å². The third kappa shape index (κ3) is 3.66. The maximum atomic E-state index is 11.3. The molecule has 0 radical (unpaired) electrons. The van der Waals surface area contributed by atoms with Crippen LogP contribution in [-0.4, -0.2) is 18.2 Å². The lowest BCUT2D eigenvalue weighted by Crippen LogP contribution is -2.23. The van der Waals surface area contributed by atoms with Gasteiger partial charge in [0.25, 0.3) is 0 Å². The van der Waals surface area contributed by atoms with E-state index in [1.807, 2.05) is 0 Å². The number of hydrogen-bond donors (Lipinski definition) is 0. The second-order valence-electron chi connectivity index (χ2n) is 1.26. The summed E-state index contributed by atoms with van der Waals surface area (Å²) in [7, 11) is -5.42. The zero-order valence-electron chi connectivity index (χ0n) is 4.47. The van der Waals surface area contributed by atoms with E-state index in [2.05, 4.69) is 0 Å². The lowest BCUT2D eigenvalue weighted by Gasteiger charge is -2.13. The molecule has 0 amide bonds. The minimum Gasteiger partial charge on any atom is -0.743 e. The van der Waals surface area contributed by atoms with Gasteiger partial charge in [0.05, 0.1) is 0 Å². The first-order chi connectivity index (χ1) is 3.25. The fourth-order valence-corrected chi connectivity index (χ4v) is 0. The van der Waals surface area contributed by atoms with E-state index >= 15 is 0 Å². The Kier molecular flexibility index (Phi) is 3.69. The highest BCUT2D eigenvalue weighted by Gasteiger charge is 2.29. The predicted molar refractivity (Wildman–Crippen MR) is 31.9 cm³/mol. The van der Waals surface area contributed by atoms with Crippen molar-refractivity contribution in [2.45, 2.75) is 12.2 Å². The van der Waals surface area contributed by atoms with Gasteiger partial charge in [-0.05, 0) is 0 Å². The van der Waals surface area contributed by atoms with Gasteiger partial charge in [-0.2, -0.15) is 8.78 Å². The average Bonchev–Trinajstić information content (AvgIpc) is 1.25. The Morgan fingerprint density at radius 3 is 1.56 bits per heavy atom. The molecule has 3 nitrogen and oxygen atoms in total. The molecule has 0 aliphatic carbocycles. The molecule has 0 atom stereocenters. The van der Waals surface area contributed by atoms with Gasteiger partial charge in [0.2, 0.25) is 0 Å². The van der Waals surface area contributed by atoms with Crippen molar-refractivity contribution in [3.8, 4) is 0 Å². The summed E-state index contributed by atoms with van der Waals surface area (Å²) in [5.74, 6) is 0. The van der Waals surface area contributed by atoms with E-state index in [1.165, 1.54) is 0 Å². The fourth-order valence-electron chi connectivity index (χ4n) is 0. The summed E-state index contributed by atoms with van der Waals surface area (Å²) < 4.78 is 50.7. The topological polar surface area (TPSA) is 57.2 Å². The molecule has 0 aromatic heterocycles. The van der Waals surface area contributed by atoms with E-state index in [0.29, 0.717) is 0 Å². The minimum atomic E-state index is -5.42. The highest BCUT2D eigenvalue weighted by atomic mass is 32.2. The van der Waals surface area contributed by atoms with Crippen LogP contribution in [0.2, 0.25) is 0 Å². The van der Waals surface area contributed by atoms with Crippen LogP contribution in [0.15, 0.2) is 0 Å². The summed E-state index contributed by atoms with van der Waals surface area (Å²) in [5, 5.41) is -4.15. The van der Waals surface area contributed by atoms with Gasteiger partial charge in [-0.25, -0.2) is 8.42 Å². The highest BCUT2D eigenvalue weighted by Crippen LogP contribution is 2.17. The molecule has 0 saturated carbocycles. The van der Waals surface area contributed by atoms with Crippen molar-refractivity contribution in [3.63, 3.8) is 0 Å². The quantitative estimate of drug-likeness (QED) is 0.397. The summed E-state index contributed by atoms with van der Waals surface area (Å²) in [4.78, 5) is 0. The largest absolute Gasteiger partial charge is 0.743 e. The van der Waals surface area contributed by atoms with Crippen LogP contribution >= 0.6 is 0 Å². The smallest absolute Gasteiger partial charge is 0.331 e. The molecule has 0 heterocycles. The molecule has 0 aromatic rings. The second-order valence-corrected chi connectivity index (χ2v) is 2.89. The van der Waals surface area contributed by atoms with Crippen molar-refractivity contribution in [2.75, 3.05) is 0 Å². The van der Waals surface area contributed by atoms with Gasteiger partial charge >= 0.3 is 5.25 Å². The summed E-state index contributed by atoms with van der Waals surface area (Å²) in [6.07, 6.45) is 0. The van der Waals surface area contributed by atoms with Crippen LogP contribution in [0.4, 0.5) is 8.78 Å². The predicted octanol–water partition coefficient (Wildman–Crippen LogP) is -0.661. The van der Waals surface area contributed by atoms with Gasteiger partial charge in [0, 0.05) is 6.92 Å². The van der Waals surface area contributed by atoms with E-state index < -0.39 is 15.4 Å². The zero-order valence-corrected chi connectivity index (χ0v) is 6.44. The minimum absolute atomic E-state index is 0. The third-order valence-corrected chi connectivity index (χ3v) is 1.32. The van der Waals surface area contributed by atoms with E-state index in [4.69, 9.17) is 0 Å². The van der Waals surface area contributed by atoms with Gasteiger partial charge in [0.15, 0.2) is 10.1 Å². The van der Waals surface area contributed by atoms with E-state index in [9.17, 15) is 21.8 Å². The second kappa shape index (κ2) is 2.80. The van der Waals surface area contributed by atoms with Crippen LogP contribution < -0.4 is 0 Å². The number of rotatable bonds is 1. The highest BCUT2D eigenvalue weighted by molar-refractivity contribution is 7.86. The first-order valence-electron chi connectivity index (χ1n) is 1.58. The summed E-state index contributed by atoms with van der Waals surface area (Å²) >= 11 is 0. The molecule has 0 N–H and O–H groups in total. The molecule has 9 heavy (non-hydrogen) atoms. The molecule has 0 fully saturated rings. The van der Waals surface area contributed by atoms with E-state index in [1.54, 1.807) is 0 Å². The van der Waals surface area contributed by atoms with Gasteiger partial charge in [-0.3, -0.25) is 0 Å². The van der Waals surface area contributed by atoms with Crippen molar-refractivity contribution in [1.82, 2.24) is 0 Å².